The lowest BCUT2D eigenvalue weighted by Crippen LogP contribution is -2.18. The van der Waals surface area contributed by atoms with Gasteiger partial charge in [0.15, 0.2) is 0 Å². The first-order valence-electron chi connectivity index (χ1n) is 3.87. The van der Waals surface area contributed by atoms with Crippen LogP contribution >= 0.6 is 43.2 Å². The second-order valence-corrected chi connectivity index (χ2v) is 6.27. The van der Waals surface area contributed by atoms with Crippen molar-refractivity contribution in [2.24, 2.45) is 0 Å². The molecule has 0 saturated carbocycles. The van der Waals surface area contributed by atoms with Gasteiger partial charge in [-0.25, -0.2) is 0 Å². The molecule has 0 unspecified atom stereocenters. The molecular formula is C8H11Br2NOS. The van der Waals surface area contributed by atoms with Gasteiger partial charge in [-0.05, 0) is 43.5 Å². The van der Waals surface area contributed by atoms with E-state index < -0.39 is 0 Å². The van der Waals surface area contributed by atoms with Crippen LogP contribution in [0.2, 0.25) is 0 Å². The fourth-order valence-corrected chi connectivity index (χ4v) is 3.72. The maximum Gasteiger partial charge on any atom is 0.0755 e. The number of ether oxygens (including phenoxy) is 1. The van der Waals surface area contributed by atoms with Crippen LogP contribution in [-0.2, 0) is 11.3 Å². The SMILES string of the molecule is COCCNCc1cc(Br)sc1Br. The highest BCUT2D eigenvalue weighted by Gasteiger charge is 2.03. The molecule has 1 rings (SSSR count). The summed E-state index contributed by atoms with van der Waals surface area (Å²) in [5.41, 5.74) is 1.29. The van der Waals surface area contributed by atoms with Crippen molar-refractivity contribution in [3.05, 3.63) is 19.2 Å². The molecule has 1 heterocycles. The van der Waals surface area contributed by atoms with Crippen molar-refractivity contribution in [3.63, 3.8) is 0 Å². The minimum atomic E-state index is 0.753. The zero-order chi connectivity index (χ0) is 9.68. The Kier molecular flexibility index (Phi) is 5.50. The minimum absolute atomic E-state index is 0.753. The van der Waals surface area contributed by atoms with Crippen molar-refractivity contribution in [2.75, 3.05) is 20.3 Å². The monoisotopic (exact) mass is 327 g/mol. The Labute approximate surface area is 98.9 Å². The van der Waals surface area contributed by atoms with Crippen LogP contribution in [-0.4, -0.2) is 20.3 Å². The Morgan fingerprint density at radius 3 is 2.85 bits per heavy atom. The predicted molar refractivity (Wildman–Crippen MR) is 63.3 cm³/mol. The van der Waals surface area contributed by atoms with E-state index in [9.17, 15) is 0 Å². The third kappa shape index (κ3) is 4.08. The van der Waals surface area contributed by atoms with Crippen LogP contribution < -0.4 is 5.32 Å². The predicted octanol–water partition coefficient (Wildman–Crippen LogP) is 3.01. The summed E-state index contributed by atoms with van der Waals surface area (Å²) in [6.07, 6.45) is 0. The molecule has 1 aromatic rings. The summed E-state index contributed by atoms with van der Waals surface area (Å²) in [5.74, 6) is 0. The Hall–Kier alpha value is 0.580. The molecule has 0 amide bonds. The average Bonchev–Trinajstić information content (AvgIpc) is 2.39. The number of halogens is 2. The van der Waals surface area contributed by atoms with Crippen LogP contribution in [0.15, 0.2) is 13.6 Å². The first-order chi connectivity index (χ1) is 6.24. The van der Waals surface area contributed by atoms with Crippen molar-refractivity contribution < 1.29 is 4.74 Å². The number of hydrogen-bond donors (Lipinski definition) is 1. The molecule has 0 bridgehead atoms. The van der Waals surface area contributed by atoms with Crippen LogP contribution in [0.5, 0.6) is 0 Å². The molecule has 2 nitrogen and oxygen atoms in total. The topological polar surface area (TPSA) is 21.3 Å². The van der Waals surface area contributed by atoms with E-state index in [1.54, 1.807) is 18.4 Å². The molecule has 0 aliphatic carbocycles. The van der Waals surface area contributed by atoms with E-state index in [4.69, 9.17) is 4.74 Å². The van der Waals surface area contributed by atoms with Gasteiger partial charge in [-0.3, -0.25) is 0 Å². The van der Waals surface area contributed by atoms with Crippen molar-refractivity contribution in [1.29, 1.82) is 0 Å². The van der Waals surface area contributed by atoms with Gasteiger partial charge in [0.2, 0.25) is 0 Å². The van der Waals surface area contributed by atoms with Gasteiger partial charge in [0.05, 0.1) is 14.2 Å². The van der Waals surface area contributed by atoms with Gasteiger partial charge in [0.1, 0.15) is 0 Å². The van der Waals surface area contributed by atoms with E-state index in [2.05, 4.69) is 43.2 Å². The molecule has 0 fully saturated rings. The first kappa shape index (κ1) is 11.7. The number of methoxy groups -OCH3 is 1. The highest BCUT2D eigenvalue weighted by atomic mass is 79.9. The van der Waals surface area contributed by atoms with Crippen LogP contribution in [0.1, 0.15) is 5.56 Å². The third-order valence-electron chi connectivity index (χ3n) is 1.53. The van der Waals surface area contributed by atoms with Crippen molar-refractivity contribution in [3.8, 4) is 0 Å². The number of thiophene rings is 1. The third-order valence-corrected chi connectivity index (χ3v) is 3.99. The standard InChI is InChI=1S/C8H11Br2NOS/c1-12-3-2-11-5-6-4-7(9)13-8(6)10/h4,11H,2-3,5H2,1H3. The van der Waals surface area contributed by atoms with Gasteiger partial charge in [0, 0.05) is 20.2 Å². The minimum Gasteiger partial charge on any atom is -0.383 e. The second kappa shape index (κ2) is 6.14. The van der Waals surface area contributed by atoms with Crippen LogP contribution in [0.4, 0.5) is 0 Å². The van der Waals surface area contributed by atoms with E-state index in [0.29, 0.717) is 0 Å². The quantitative estimate of drug-likeness (QED) is 0.839. The molecule has 0 atom stereocenters. The molecule has 5 heteroatoms. The smallest absolute Gasteiger partial charge is 0.0755 e. The number of rotatable bonds is 5. The number of nitrogens with one attached hydrogen (secondary N) is 1. The van der Waals surface area contributed by atoms with Crippen molar-refractivity contribution >= 4 is 43.2 Å². The fraction of sp³-hybridized carbons (Fsp3) is 0.500. The molecule has 0 aliphatic rings. The van der Waals surface area contributed by atoms with E-state index in [0.717, 1.165) is 23.5 Å². The lowest BCUT2D eigenvalue weighted by Gasteiger charge is -2.01. The summed E-state index contributed by atoms with van der Waals surface area (Å²) in [6, 6.07) is 2.12. The van der Waals surface area contributed by atoms with Gasteiger partial charge in [0.25, 0.3) is 0 Å². The second-order valence-electron chi connectivity index (χ2n) is 2.52. The molecule has 1 N–H and O–H groups in total. The van der Waals surface area contributed by atoms with Gasteiger partial charge in [-0.2, -0.15) is 0 Å². The highest BCUT2D eigenvalue weighted by molar-refractivity contribution is 9.12. The van der Waals surface area contributed by atoms with E-state index in [1.165, 1.54) is 9.35 Å². The summed E-state index contributed by atoms with van der Waals surface area (Å²) >= 11 is 8.64. The van der Waals surface area contributed by atoms with E-state index >= 15 is 0 Å². The van der Waals surface area contributed by atoms with Gasteiger partial charge in [-0.1, -0.05) is 0 Å². The van der Waals surface area contributed by atoms with Gasteiger partial charge >= 0.3 is 0 Å². The van der Waals surface area contributed by atoms with Crippen molar-refractivity contribution in [2.45, 2.75) is 6.54 Å². The Bertz CT molecular complexity index is 265. The average molecular weight is 329 g/mol. The molecule has 13 heavy (non-hydrogen) atoms. The van der Waals surface area contributed by atoms with Gasteiger partial charge < -0.3 is 10.1 Å². The zero-order valence-corrected chi connectivity index (χ0v) is 11.3. The zero-order valence-electron chi connectivity index (χ0n) is 7.27. The summed E-state index contributed by atoms with van der Waals surface area (Å²) < 4.78 is 7.27. The summed E-state index contributed by atoms with van der Waals surface area (Å²) in [6.45, 7) is 2.52. The summed E-state index contributed by atoms with van der Waals surface area (Å²) in [7, 11) is 1.71. The normalized spacial score (nSPS) is 10.7. The number of hydrogen-bond acceptors (Lipinski definition) is 3. The molecule has 0 aromatic carbocycles. The lowest BCUT2D eigenvalue weighted by molar-refractivity contribution is 0.199. The van der Waals surface area contributed by atoms with Crippen LogP contribution in [0.25, 0.3) is 0 Å². The van der Waals surface area contributed by atoms with E-state index in [-0.39, 0.29) is 0 Å². The van der Waals surface area contributed by atoms with Crippen LogP contribution in [0, 0.1) is 0 Å². The Morgan fingerprint density at radius 1 is 1.54 bits per heavy atom. The molecule has 1 aromatic heterocycles. The largest absolute Gasteiger partial charge is 0.383 e. The molecule has 74 valence electrons. The van der Waals surface area contributed by atoms with Gasteiger partial charge in [-0.15, -0.1) is 11.3 Å². The summed E-state index contributed by atoms with van der Waals surface area (Å²) in [4.78, 5) is 0. The van der Waals surface area contributed by atoms with E-state index in [1.807, 2.05) is 0 Å². The summed E-state index contributed by atoms with van der Waals surface area (Å²) in [5, 5.41) is 3.29. The Balaban J connectivity index is 2.32. The molecule has 0 saturated heterocycles. The molecule has 0 radical (unpaired) electrons. The van der Waals surface area contributed by atoms with Crippen LogP contribution in [0.3, 0.4) is 0 Å². The highest BCUT2D eigenvalue weighted by Crippen LogP contribution is 2.31. The Morgan fingerprint density at radius 2 is 2.31 bits per heavy atom. The molecular weight excluding hydrogens is 318 g/mol. The van der Waals surface area contributed by atoms with Crippen molar-refractivity contribution in [1.82, 2.24) is 5.32 Å². The fourth-order valence-electron chi connectivity index (χ4n) is 0.892. The lowest BCUT2D eigenvalue weighted by atomic mass is 10.3. The molecule has 0 aliphatic heterocycles. The first-order valence-corrected chi connectivity index (χ1v) is 6.27. The maximum atomic E-state index is 4.93. The maximum absolute atomic E-state index is 4.93. The molecule has 0 spiro atoms.